The number of nitrogens with one attached hydrogen (secondary N) is 2. The summed E-state index contributed by atoms with van der Waals surface area (Å²) in [6, 6.07) is 14.8. The molecule has 2 aromatic carbocycles. The quantitative estimate of drug-likeness (QED) is 0.499. The van der Waals surface area contributed by atoms with E-state index in [2.05, 4.69) is 20.4 Å². The second-order valence-electron chi connectivity index (χ2n) is 7.49. The van der Waals surface area contributed by atoms with Gasteiger partial charge in [0, 0.05) is 44.1 Å². The number of nitrogens with zero attached hydrogens (tertiary/aromatic N) is 2. The van der Waals surface area contributed by atoms with Crippen molar-refractivity contribution >= 4 is 40.6 Å². The van der Waals surface area contributed by atoms with Crippen LogP contribution in [0.3, 0.4) is 0 Å². The molecule has 0 spiro atoms. The van der Waals surface area contributed by atoms with E-state index in [-0.39, 0.29) is 17.9 Å². The lowest BCUT2D eigenvalue weighted by molar-refractivity contribution is 0.162. The molecule has 2 heterocycles. The van der Waals surface area contributed by atoms with E-state index in [1.54, 1.807) is 36.6 Å². The van der Waals surface area contributed by atoms with Gasteiger partial charge in [0.1, 0.15) is 11.6 Å². The van der Waals surface area contributed by atoms with E-state index >= 15 is 0 Å². The second-order valence-corrected chi connectivity index (χ2v) is 8.31. The second kappa shape index (κ2) is 10.3. The maximum atomic E-state index is 13.2. The van der Waals surface area contributed by atoms with Crippen molar-refractivity contribution in [3.05, 3.63) is 82.5 Å². The molecule has 2 amide bonds. The molecule has 0 radical (unpaired) electrons. The highest BCUT2D eigenvalue weighted by atomic mass is 35.5. The normalized spacial score (nSPS) is 15.4. The highest BCUT2D eigenvalue weighted by molar-refractivity contribution is 6.42. The monoisotopic (exact) mass is 476 g/mol. The van der Waals surface area contributed by atoms with Crippen LogP contribution in [0.25, 0.3) is 0 Å². The average molecular weight is 477 g/mol. The van der Waals surface area contributed by atoms with Gasteiger partial charge in [-0.25, -0.2) is 9.18 Å². The molecule has 1 aliphatic heterocycles. The Kier molecular flexibility index (Phi) is 7.19. The Bertz CT molecular complexity index is 1040. The molecule has 4 rings (SSSR count). The third-order valence-electron chi connectivity index (χ3n) is 5.45. The van der Waals surface area contributed by atoms with Crippen molar-refractivity contribution in [2.24, 2.45) is 0 Å². The first-order valence-corrected chi connectivity index (χ1v) is 11.0. The maximum absolute atomic E-state index is 13.2. The number of hydrogen-bond donors (Lipinski definition) is 2. The summed E-state index contributed by atoms with van der Waals surface area (Å²) in [5, 5.41) is 6.48. The van der Waals surface area contributed by atoms with Crippen molar-refractivity contribution in [2.75, 3.05) is 42.9 Å². The van der Waals surface area contributed by atoms with Gasteiger partial charge in [0.15, 0.2) is 0 Å². The molecule has 1 fully saturated rings. The first-order chi connectivity index (χ1) is 15.5. The molecule has 1 aliphatic rings. The molecule has 3 aromatic rings. The number of hydrogen-bond acceptors (Lipinski definition) is 4. The number of furan rings is 1. The van der Waals surface area contributed by atoms with E-state index in [1.165, 1.54) is 12.1 Å². The minimum absolute atomic E-state index is 0.111. The third-order valence-corrected chi connectivity index (χ3v) is 6.19. The number of piperazine rings is 1. The topological polar surface area (TPSA) is 60.8 Å². The fraction of sp³-hybridized carbons (Fsp3) is 0.261. The van der Waals surface area contributed by atoms with Crippen LogP contribution in [0.4, 0.5) is 20.6 Å². The fourth-order valence-corrected chi connectivity index (χ4v) is 4.07. The zero-order valence-corrected chi connectivity index (χ0v) is 18.7. The number of halogens is 3. The Labute approximate surface area is 195 Å². The molecule has 1 atom stereocenters. The van der Waals surface area contributed by atoms with Gasteiger partial charge in [0.05, 0.1) is 22.4 Å². The predicted molar refractivity (Wildman–Crippen MR) is 125 cm³/mol. The van der Waals surface area contributed by atoms with Gasteiger partial charge >= 0.3 is 6.03 Å². The minimum atomic E-state index is -0.343. The zero-order valence-electron chi connectivity index (χ0n) is 17.2. The highest BCUT2D eigenvalue weighted by Crippen LogP contribution is 2.26. The zero-order chi connectivity index (χ0) is 22.5. The summed E-state index contributed by atoms with van der Waals surface area (Å²) in [6.45, 7) is 3.51. The van der Waals surface area contributed by atoms with Gasteiger partial charge in [-0.05, 0) is 54.6 Å². The lowest BCUT2D eigenvalue weighted by Gasteiger charge is -2.39. The number of amides is 2. The summed E-state index contributed by atoms with van der Waals surface area (Å²) in [7, 11) is 0. The van der Waals surface area contributed by atoms with Gasteiger partial charge in [-0.15, -0.1) is 0 Å². The molecule has 168 valence electrons. The molecule has 0 bridgehead atoms. The van der Waals surface area contributed by atoms with E-state index in [0.29, 0.717) is 22.3 Å². The Balaban J connectivity index is 1.36. The summed E-state index contributed by atoms with van der Waals surface area (Å²) in [6.07, 6.45) is 1.63. The van der Waals surface area contributed by atoms with Crippen LogP contribution in [0.5, 0.6) is 0 Å². The summed E-state index contributed by atoms with van der Waals surface area (Å²) >= 11 is 11.9. The van der Waals surface area contributed by atoms with Crippen LogP contribution < -0.4 is 15.5 Å². The van der Waals surface area contributed by atoms with Crippen LogP contribution in [0.2, 0.25) is 10.0 Å². The Morgan fingerprint density at radius 3 is 2.44 bits per heavy atom. The van der Waals surface area contributed by atoms with E-state index < -0.39 is 0 Å². The maximum Gasteiger partial charge on any atom is 0.319 e. The SMILES string of the molecule is O=C(NCC(c1ccco1)N1CCN(c2ccc(F)cc2)CC1)Nc1ccc(Cl)c(Cl)c1. The number of urea groups is 1. The van der Waals surface area contributed by atoms with Crippen molar-refractivity contribution in [3.63, 3.8) is 0 Å². The summed E-state index contributed by atoms with van der Waals surface area (Å²) in [5.74, 6) is 0.547. The average Bonchev–Trinajstić information content (AvgIpc) is 3.32. The molecule has 6 nitrogen and oxygen atoms in total. The smallest absolute Gasteiger partial charge is 0.319 e. The molecule has 9 heteroatoms. The molecule has 32 heavy (non-hydrogen) atoms. The van der Waals surface area contributed by atoms with E-state index in [1.807, 2.05) is 12.1 Å². The van der Waals surface area contributed by atoms with Crippen molar-refractivity contribution in [1.29, 1.82) is 0 Å². The van der Waals surface area contributed by atoms with E-state index in [9.17, 15) is 9.18 Å². The number of anilines is 2. The number of carbonyl (C=O) groups excluding carboxylic acids is 1. The molecule has 2 N–H and O–H groups in total. The minimum Gasteiger partial charge on any atom is -0.468 e. The van der Waals surface area contributed by atoms with Crippen LogP contribution in [-0.2, 0) is 0 Å². The summed E-state index contributed by atoms with van der Waals surface area (Å²) < 4.78 is 18.9. The van der Waals surface area contributed by atoms with Crippen LogP contribution in [0, 0.1) is 5.82 Å². The predicted octanol–water partition coefficient (Wildman–Crippen LogP) is 5.41. The number of carbonyl (C=O) groups is 1. The third kappa shape index (κ3) is 5.54. The molecule has 1 unspecified atom stereocenters. The van der Waals surface area contributed by atoms with Crippen molar-refractivity contribution in [3.8, 4) is 0 Å². The van der Waals surface area contributed by atoms with Crippen molar-refractivity contribution < 1.29 is 13.6 Å². The van der Waals surface area contributed by atoms with E-state index in [0.717, 1.165) is 37.6 Å². The van der Waals surface area contributed by atoms with Crippen LogP contribution in [-0.4, -0.2) is 43.7 Å². The van der Waals surface area contributed by atoms with Crippen molar-refractivity contribution in [1.82, 2.24) is 10.2 Å². The molecule has 0 aliphatic carbocycles. The van der Waals surface area contributed by atoms with Gasteiger partial charge in [0.2, 0.25) is 0 Å². The first kappa shape index (κ1) is 22.5. The van der Waals surface area contributed by atoms with Gasteiger partial charge in [-0.2, -0.15) is 0 Å². The number of rotatable bonds is 6. The van der Waals surface area contributed by atoms with Crippen LogP contribution in [0.1, 0.15) is 11.8 Å². The largest absolute Gasteiger partial charge is 0.468 e. The number of benzene rings is 2. The van der Waals surface area contributed by atoms with Crippen molar-refractivity contribution in [2.45, 2.75) is 6.04 Å². The fourth-order valence-electron chi connectivity index (χ4n) is 3.77. The van der Waals surface area contributed by atoms with Gasteiger partial charge in [-0.3, -0.25) is 4.90 Å². The lowest BCUT2D eigenvalue weighted by Crippen LogP contribution is -2.50. The van der Waals surface area contributed by atoms with Crippen LogP contribution in [0.15, 0.2) is 65.3 Å². The van der Waals surface area contributed by atoms with Gasteiger partial charge in [0.25, 0.3) is 0 Å². The Hall–Kier alpha value is -2.74. The Morgan fingerprint density at radius 1 is 1.03 bits per heavy atom. The summed E-state index contributed by atoms with van der Waals surface area (Å²) in [4.78, 5) is 16.9. The molecular weight excluding hydrogens is 454 g/mol. The first-order valence-electron chi connectivity index (χ1n) is 10.3. The molecule has 1 saturated heterocycles. The van der Waals surface area contributed by atoms with Crippen LogP contribution >= 0.6 is 23.2 Å². The summed E-state index contributed by atoms with van der Waals surface area (Å²) in [5.41, 5.74) is 1.55. The standard InChI is InChI=1S/C23H23Cl2FN4O2/c24-19-8-5-17(14-20(19)25)28-23(31)27-15-21(22-2-1-13-32-22)30-11-9-29(10-12-30)18-6-3-16(26)4-7-18/h1-8,13-14,21H,9-12,15H2,(H2,27,28,31). The highest BCUT2D eigenvalue weighted by Gasteiger charge is 2.27. The van der Waals surface area contributed by atoms with Gasteiger partial charge in [-0.1, -0.05) is 23.2 Å². The Morgan fingerprint density at radius 2 is 1.78 bits per heavy atom. The molecule has 0 saturated carbocycles. The van der Waals surface area contributed by atoms with E-state index in [4.69, 9.17) is 27.6 Å². The van der Waals surface area contributed by atoms with Gasteiger partial charge < -0.3 is 20.0 Å². The molecular formula is C23H23Cl2FN4O2. The molecule has 1 aromatic heterocycles. The lowest BCUT2D eigenvalue weighted by atomic mass is 10.1.